The summed E-state index contributed by atoms with van der Waals surface area (Å²) in [6, 6.07) is 17.0. The van der Waals surface area contributed by atoms with Crippen molar-refractivity contribution >= 4 is 11.8 Å². The summed E-state index contributed by atoms with van der Waals surface area (Å²) in [5, 5.41) is 8.76. The fraction of sp³-hybridized carbons (Fsp3) is 0.600. The van der Waals surface area contributed by atoms with Crippen molar-refractivity contribution in [2.75, 3.05) is 6.61 Å². The lowest BCUT2D eigenvalue weighted by atomic mass is 9.54. The molecule has 2 aromatic carbocycles. The van der Waals surface area contributed by atoms with Crippen LogP contribution in [0.15, 0.2) is 48.5 Å². The third-order valence-corrected chi connectivity index (χ3v) is 9.98. The van der Waals surface area contributed by atoms with Crippen molar-refractivity contribution in [2.24, 2.45) is 17.3 Å². The molecular formula is C35H46O5. The lowest BCUT2D eigenvalue weighted by molar-refractivity contribution is -0.137. The van der Waals surface area contributed by atoms with E-state index in [1.54, 1.807) is 0 Å². The van der Waals surface area contributed by atoms with E-state index in [1.165, 1.54) is 23.1 Å². The number of aliphatic carboxylic acids is 1. The number of carbonyl (C=O) groups is 2. The molecule has 2 fully saturated rings. The van der Waals surface area contributed by atoms with E-state index in [1.807, 2.05) is 18.2 Å². The molecule has 40 heavy (non-hydrogen) atoms. The maximum absolute atomic E-state index is 13.1. The third-order valence-electron chi connectivity index (χ3n) is 9.98. The summed E-state index contributed by atoms with van der Waals surface area (Å²) in [5.74, 6) is 2.00. The molecule has 0 bridgehead atoms. The molecule has 0 saturated heterocycles. The summed E-state index contributed by atoms with van der Waals surface area (Å²) in [7, 11) is 0. The van der Waals surface area contributed by atoms with Gasteiger partial charge in [0.05, 0.1) is 6.10 Å². The first-order valence-electron chi connectivity index (χ1n) is 15.6. The van der Waals surface area contributed by atoms with Crippen LogP contribution < -0.4 is 4.74 Å². The van der Waals surface area contributed by atoms with Crippen LogP contribution in [-0.4, -0.2) is 29.6 Å². The molecule has 2 aromatic rings. The number of unbranched alkanes of at least 4 members (excludes halogenated alkanes) is 6. The van der Waals surface area contributed by atoms with Gasteiger partial charge in [-0.3, -0.25) is 9.59 Å². The summed E-state index contributed by atoms with van der Waals surface area (Å²) in [5.41, 5.74) is 3.73. The first kappa shape index (κ1) is 28.9. The van der Waals surface area contributed by atoms with Crippen LogP contribution in [0.25, 0.3) is 0 Å². The normalized spacial score (nSPS) is 27.1. The van der Waals surface area contributed by atoms with E-state index in [0.29, 0.717) is 30.1 Å². The zero-order chi connectivity index (χ0) is 28.0. The second-order valence-corrected chi connectivity index (χ2v) is 12.6. The van der Waals surface area contributed by atoms with Crippen molar-refractivity contribution in [3.05, 3.63) is 65.2 Å². The molecule has 0 aliphatic heterocycles. The average Bonchev–Trinajstić information content (AvgIpc) is 3.26. The SMILES string of the molecule is C[C@]12C[C@H](OCCCCCCCCCC(=O)O)[C@@H]3c4ccc(OCc5ccccc5)cc4CC[C@H]3[C@@H]1CCC2=O. The van der Waals surface area contributed by atoms with Crippen molar-refractivity contribution in [2.45, 2.75) is 109 Å². The lowest BCUT2D eigenvalue weighted by Gasteiger charge is -2.52. The molecule has 2 saturated carbocycles. The van der Waals surface area contributed by atoms with Gasteiger partial charge < -0.3 is 14.6 Å². The van der Waals surface area contributed by atoms with Gasteiger partial charge in [0.2, 0.25) is 0 Å². The number of fused-ring (bicyclic) bond motifs is 5. The van der Waals surface area contributed by atoms with Crippen LogP contribution in [0.1, 0.15) is 107 Å². The van der Waals surface area contributed by atoms with E-state index in [9.17, 15) is 9.59 Å². The number of carboxylic acids is 1. The van der Waals surface area contributed by atoms with Crippen LogP contribution in [0, 0.1) is 17.3 Å². The zero-order valence-electron chi connectivity index (χ0n) is 24.1. The van der Waals surface area contributed by atoms with Gasteiger partial charge in [-0.05, 0) is 79.2 Å². The Morgan fingerprint density at radius 3 is 2.48 bits per heavy atom. The molecule has 5 rings (SSSR count). The highest BCUT2D eigenvalue weighted by molar-refractivity contribution is 5.87. The van der Waals surface area contributed by atoms with E-state index in [4.69, 9.17) is 14.6 Å². The standard InChI is InChI=1S/C35H46O5/c1-35-23-31(39-21-11-6-4-2-3-5-10-14-33(37)38)34-28-18-16-27(40-24-25-12-8-7-9-13-25)22-26(28)15-17-29(34)30(35)19-20-32(35)36/h7-9,12-13,16,18,22,29-31,34H,2-6,10-11,14-15,17,19-21,23-24H2,1H3,(H,37,38)/t29-,30-,31-,34+,35-/m0/s1. The number of hydrogen-bond donors (Lipinski definition) is 1. The summed E-state index contributed by atoms with van der Waals surface area (Å²) >= 11 is 0. The zero-order valence-corrected chi connectivity index (χ0v) is 24.1. The second-order valence-electron chi connectivity index (χ2n) is 12.6. The molecule has 0 amide bonds. The van der Waals surface area contributed by atoms with Crippen LogP contribution in [0.4, 0.5) is 0 Å². The van der Waals surface area contributed by atoms with E-state index in [-0.39, 0.29) is 17.9 Å². The first-order chi connectivity index (χ1) is 19.5. The van der Waals surface area contributed by atoms with E-state index < -0.39 is 5.97 Å². The first-order valence-corrected chi connectivity index (χ1v) is 15.6. The van der Waals surface area contributed by atoms with Crippen LogP contribution in [0.5, 0.6) is 5.75 Å². The maximum Gasteiger partial charge on any atom is 0.303 e. The Bertz CT molecular complexity index is 1140. The lowest BCUT2D eigenvalue weighted by Crippen LogP contribution is -2.49. The predicted octanol–water partition coefficient (Wildman–Crippen LogP) is 7.89. The second kappa shape index (κ2) is 13.3. The summed E-state index contributed by atoms with van der Waals surface area (Å²) in [4.78, 5) is 23.7. The number of benzene rings is 2. The van der Waals surface area contributed by atoms with E-state index in [2.05, 4.69) is 37.3 Å². The smallest absolute Gasteiger partial charge is 0.303 e. The highest BCUT2D eigenvalue weighted by Crippen LogP contribution is 2.60. The van der Waals surface area contributed by atoms with Gasteiger partial charge in [-0.25, -0.2) is 0 Å². The predicted molar refractivity (Wildman–Crippen MR) is 157 cm³/mol. The molecule has 5 atom stereocenters. The van der Waals surface area contributed by atoms with Crippen molar-refractivity contribution < 1.29 is 24.2 Å². The molecule has 5 heteroatoms. The molecule has 216 valence electrons. The number of hydrogen-bond acceptors (Lipinski definition) is 4. The van der Waals surface area contributed by atoms with Gasteiger partial charge in [0.25, 0.3) is 0 Å². The van der Waals surface area contributed by atoms with Gasteiger partial charge >= 0.3 is 5.97 Å². The van der Waals surface area contributed by atoms with Crippen molar-refractivity contribution in [1.29, 1.82) is 0 Å². The molecule has 0 radical (unpaired) electrons. The van der Waals surface area contributed by atoms with E-state index in [0.717, 1.165) is 83.0 Å². The monoisotopic (exact) mass is 546 g/mol. The van der Waals surface area contributed by atoms with Crippen molar-refractivity contribution in [1.82, 2.24) is 0 Å². The van der Waals surface area contributed by atoms with Crippen LogP contribution in [-0.2, 0) is 27.4 Å². The molecule has 5 nitrogen and oxygen atoms in total. The van der Waals surface area contributed by atoms with Crippen molar-refractivity contribution in [3.63, 3.8) is 0 Å². The Labute approximate surface area is 239 Å². The maximum atomic E-state index is 13.1. The molecule has 3 aliphatic carbocycles. The van der Waals surface area contributed by atoms with E-state index >= 15 is 0 Å². The molecular weight excluding hydrogens is 500 g/mol. The molecule has 0 heterocycles. The molecule has 0 spiro atoms. The van der Waals surface area contributed by atoms with Gasteiger partial charge in [0.15, 0.2) is 0 Å². The highest BCUT2D eigenvalue weighted by atomic mass is 16.5. The molecule has 1 N–H and O–H groups in total. The number of ketones is 1. The fourth-order valence-electron chi connectivity index (χ4n) is 7.87. The quantitative estimate of drug-likeness (QED) is 0.244. The number of carboxylic acid groups (broad SMARTS) is 1. The Morgan fingerprint density at radius 1 is 0.950 bits per heavy atom. The topological polar surface area (TPSA) is 72.8 Å². The van der Waals surface area contributed by atoms with Gasteiger partial charge in [-0.15, -0.1) is 0 Å². The summed E-state index contributed by atoms with van der Waals surface area (Å²) < 4.78 is 12.9. The number of aryl methyl sites for hydroxylation is 1. The minimum atomic E-state index is -0.695. The summed E-state index contributed by atoms with van der Waals surface area (Å²) in [6.45, 7) is 3.54. The fourth-order valence-corrected chi connectivity index (χ4v) is 7.87. The number of rotatable bonds is 14. The van der Waals surface area contributed by atoms with Gasteiger partial charge in [-0.1, -0.05) is 75.4 Å². The van der Waals surface area contributed by atoms with Crippen molar-refractivity contribution in [3.8, 4) is 5.75 Å². The number of Topliss-reactive ketones (excluding diaryl/α,β-unsaturated/α-hetero) is 1. The molecule has 0 unspecified atom stereocenters. The minimum absolute atomic E-state index is 0.0828. The number of carbonyl (C=O) groups excluding carboxylic acids is 1. The minimum Gasteiger partial charge on any atom is -0.489 e. The van der Waals surface area contributed by atoms with Crippen LogP contribution in [0.2, 0.25) is 0 Å². The number of ether oxygens (including phenoxy) is 2. The highest BCUT2D eigenvalue weighted by Gasteiger charge is 2.58. The summed E-state index contributed by atoms with van der Waals surface area (Å²) in [6.07, 6.45) is 12.5. The van der Waals surface area contributed by atoms with Crippen LogP contribution >= 0.6 is 0 Å². The van der Waals surface area contributed by atoms with Gasteiger partial charge in [0, 0.05) is 30.8 Å². The van der Waals surface area contributed by atoms with Crippen LogP contribution in [0.3, 0.4) is 0 Å². The Hall–Kier alpha value is -2.66. The largest absolute Gasteiger partial charge is 0.489 e. The third kappa shape index (κ3) is 6.62. The Balaban J connectivity index is 1.20. The molecule has 0 aromatic heterocycles. The molecule has 3 aliphatic rings. The van der Waals surface area contributed by atoms with Gasteiger partial charge in [-0.2, -0.15) is 0 Å². The van der Waals surface area contributed by atoms with Gasteiger partial charge in [0.1, 0.15) is 18.1 Å². The average molecular weight is 547 g/mol. The Morgan fingerprint density at radius 2 is 1.70 bits per heavy atom. The Kier molecular flexibility index (Phi) is 9.62.